The van der Waals surface area contributed by atoms with Crippen LogP contribution in [0.3, 0.4) is 0 Å². The lowest BCUT2D eigenvalue weighted by molar-refractivity contribution is -0.128. The van der Waals surface area contributed by atoms with E-state index < -0.39 is 12.6 Å². The number of alkyl halides is 3. The van der Waals surface area contributed by atoms with Crippen molar-refractivity contribution in [2.75, 3.05) is 6.54 Å². The first-order valence-electron chi connectivity index (χ1n) is 6.06. The standard InChI is InChI=1S/C11H18F3N3O/c1-3-5-15-8(4-2)6-10-16-9(17-18-10)7-11(12,13)14/h8,15H,3-7H2,1-2H3. The maximum atomic E-state index is 12.1. The highest BCUT2D eigenvalue weighted by molar-refractivity contribution is 4.91. The van der Waals surface area contributed by atoms with E-state index >= 15 is 0 Å². The molecule has 18 heavy (non-hydrogen) atoms. The molecule has 0 radical (unpaired) electrons. The van der Waals surface area contributed by atoms with Crippen molar-refractivity contribution in [2.24, 2.45) is 0 Å². The number of aromatic nitrogens is 2. The van der Waals surface area contributed by atoms with E-state index in [1.807, 2.05) is 13.8 Å². The van der Waals surface area contributed by atoms with Gasteiger partial charge in [-0.1, -0.05) is 19.0 Å². The molecule has 1 rings (SSSR count). The van der Waals surface area contributed by atoms with E-state index in [0.717, 1.165) is 19.4 Å². The first-order valence-corrected chi connectivity index (χ1v) is 6.06. The number of hydrogen-bond donors (Lipinski definition) is 1. The summed E-state index contributed by atoms with van der Waals surface area (Å²) < 4.78 is 41.2. The fourth-order valence-electron chi connectivity index (χ4n) is 1.54. The zero-order valence-corrected chi connectivity index (χ0v) is 10.5. The van der Waals surface area contributed by atoms with Gasteiger partial charge in [0.2, 0.25) is 5.89 Å². The Morgan fingerprint density at radius 1 is 1.33 bits per heavy atom. The average molecular weight is 265 g/mol. The van der Waals surface area contributed by atoms with E-state index in [0.29, 0.717) is 6.42 Å². The van der Waals surface area contributed by atoms with Crippen LogP contribution in [-0.4, -0.2) is 28.9 Å². The molecule has 0 aliphatic heterocycles. The van der Waals surface area contributed by atoms with Gasteiger partial charge in [0, 0.05) is 12.5 Å². The minimum atomic E-state index is -4.30. The molecule has 1 unspecified atom stereocenters. The molecular formula is C11H18F3N3O. The summed E-state index contributed by atoms with van der Waals surface area (Å²) in [7, 11) is 0. The third-order valence-electron chi connectivity index (χ3n) is 2.47. The second-order valence-corrected chi connectivity index (χ2v) is 4.16. The van der Waals surface area contributed by atoms with Crippen LogP contribution in [0.4, 0.5) is 13.2 Å². The topological polar surface area (TPSA) is 51.0 Å². The Hall–Kier alpha value is -1.11. The minimum Gasteiger partial charge on any atom is -0.339 e. The normalized spacial score (nSPS) is 13.8. The van der Waals surface area contributed by atoms with E-state index in [1.54, 1.807) is 0 Å². The first kappa shape index (κ1) is 14.9. The van der Waals surface area contributed by atoms with Gasteiger partial charge in [0.25, 0.3) is 0 Å². The van der Waals surface area contributed by atoms with Crippen molar-refractivity contribution in [3.05, 3.63) is 11.7 Å². The minimum absolute atomic E-state index is 0.157. The summed E-state index contributed by atoms with van der Waals surface area (Å²) in [4.78, 5) is 3.75. The Labute approximate surface area is 104 Å². The van der Waals surface area contributed by atoms with Gasteiger partial charge in [-0.05, 0) is 19.4 Å². The van der Waals surface area contributed by atoms with Crippen molar-refractivity contribution in [2.45, 2.75) is 51.7 Å². The molecule has 0 aliphatic rings. The molecule has 1 atom stereocenters. The predicted molar refractivity (Wildman–Crippen MR) is 60.1 cm³/mol. The summed E-state index contributed by atoms with van der Waals surface area (Å²) in [5.41, 5.74) is 0. The second kappa shape index (κ2) is 6.72. The van der Waals surface area contributed by atoms with Crippen LogP contribution in [0.25, 0.3) is 0 Å². The summed E-state index contributed by atoms with van der Waals surface area (Å²) in [6.07, 6.45) is -3.13. The highest BCUT2D eigenvalue weighted by Gasteiger charge is 2.30. The Morgan fingerprint density at radius 3 is 2.61 bits per heavy atom. The SMILES string of the molecule is CCCNC(CC)Cc1nc(CC(F)(F)F)no1. The maximum Gasteiger partial charge on any atom is 0.396 e. The van der Waals surface area contributed by atoms with Crippen molar-refractivity contribution in [3.63, 3.8) is 0 Å². The molecule has 1 N–H and O–H groups in total. The fourth-order valence-corrected chi connectivity index (χ4v) is 1.54. The second-order valence-electron chi connectivity index (χ2n) is 4.16. The fraction of sp³-hybridized carbons (Fsp3) is 0.818. The van der Waals surface area contributed by atoms with E-state index in [9.17, 15) is 13.2 Å². The zero-order chi connectivity index (χ0) is 13.6. The van der Waals surface area contributed by atoms with Crippen molar-refractivity contribution < 1.29 is 17.7 Å². The molecule has 104 valence electrons. The Kier molecular flexibility index (Phi) is 5.58. The molecule has 0 bridgehead atoms. The lowest BCUT2D eigenvalue weighted by Gasteiger charge is -2.13. The van der Waals surface area contributed by atoms with E-state index in [4.69, 9.17) is 4.52 Å². The van der Waals surface area contributed by atoms with Crippen LogP contribution >= 0.6 is 0 Å². The summed E-state index contributed by atoms with van der Waals surface area (Å²) in [6.45, 7) is 4.91. The average Bonchev–Trinajstić information content (AvgIpc) is 2.69. The molecule has 4 nitrogen and oxygen atoms in total. The van der Waals surface area contributed by atoms with Crippen LogP contribution in [0.2, 0.25) is 0 Å². The van der Waals surface area contributed by atoms with Gasteiger partial charge >= 0.3 is 6.18 Å². The molecule has 1 aromatic rings. The molecule has 0 fully saturated rings. The third kappa shape index (κ3) is 5.48. The summed E-state index contributed by atoms with van der Waals surface area (Å²) in [6, 6.07) is 0.157. The quantitative estimate of drug-likeness (QED) is 0.823. The highest BCUT2D eigenvalue weighted by Crippen LogP contribution is 2.19. The molecule has 0 amide bonds. The van der Waals surface area contributed by atoms with Crippen LogP contribution < -0.4 is 5.32 Å². The zero-order valence-electron chi connectivity index (χ0n) is 10.5. The summed E-state index contributed by atoms with van der Waals surface area (Å²) in [5, 5.41) is 6.61. The van der Waals surface area contributed by atoms with Gasteiger partial charge in [-0.3, -0.25) is 0 Å². The number of nitrogens with one attached hydrogen (secondary N) is 1. The lowest BCUT2D eigenvalue weighted by Crippen LogP contribution is -2.31. The molecule has 7 heteroatoms. The molecular weight excluding hydrogens is 247 g/mol. The number of hydrogen-bond acceptors (Lipinski definition) is 4. The van der Waals surface area contributed by atoms with Crippen molar-refractivity contribution in [1.82, 2.24) is 15.5 Å². The molecule has 0 aliphatic carbocycles. The van der Waals surface area contributed by atoms with Gasteiger partial charge in [-0.15, -0.1) is 0 Å². The largest absolute Gasteiger partial charge is 0.396 e. The van der Waals surface area contributed by atoms with Crippen molar-refractivity contribution in [3.8, 4) is 0 Å². The Balaban J connectivity index is 2.51. The van der Waals surface area contributed by atoms with Crippen LogP contribution in [0, 0.1) is 0 Å². The van der Waals surface area contributed by atoms with Crippen LogP contribution in [0.15, 0.2) is 4.52 Å². The Bertz CT molecular complexity index is 352. The van der Waals surface area contributed by atoms with Crippen LogP contribution in [-0.2, 0) is 12.8 Å². The molecule has 0 saturated heterocycles. The van der Waals surface area contributed by atoms with Crippen LogP contribution in [0.1, 0.15) is 38.4 Å². The van der Waals surface area contributed by atoms with Gasteiger partial charge in [-0.2, -0.15) is 18.2 Å². The highest BCUT2D eigenvalue weighted by atomic mass is 19.4. The molecule has 0 saturated carbocycles. The number of rotatable bonds is 7. The van der Waals surface area contributed by atoms with Crippen LogP contribution in [0.5, 0.6) is 0 Å². The van der Waals surface area contributed by atoms with E-state index in [-0.39, 0.29) is 17.8 Å². The monoisotopic (exact) mass is 265 g/mol. The first-order chi connectivity index (χ1) is 8.44. The number of halogens is 3. The van der Waals surface area contributed by atoms with Gasteiger partial charge in [0.05, 0.1) is 0 Å². The number of nitrogens with zero attached hydrogens (tertiary/aromatic N) is 2. The molecule has 0 spiro atoms. The van der Waals surface area contributed by atoms with Gasteiger partial charge < -0.3 is 9.84 Å². The molecule has 0 aromatic carbocycles. The van der Waals surface area contributed by atoms with Gasteiger partial charge in [0.1, 0.15) is 6.42 Å². The van der Waals surface area contributed by atoms with E-state index in [2.05, 4.69) is 15.5 Å². The summed E-state index contributed by atoms with van der Waals surface area (Å²) >= 11 is 0. The molecule has 1 aromatic heterocycles. The summed E-state index contributed by atoms with van der Waals surface area (Å²) in [5.74, 6) is -0.0486. The smallest absolute Gasteiger partial charge is 0.339 e. The third-order valence-corrected chi connectivity index (χ3v) is 2.47. The Morgan fingerprint density at radius 2 is 2.06 bits per heavy atom. The maximum absolute atomic E-state index is 12.1. The predicted octanol–water partition coefficient (Wildman–Crippen LogP) is 2.50. The van der Waals surface area contributed by atoms with E-state index in [1.165, 1.54) is 0 Å². The van der Waals surface area contributed by atoms with Crippen molar-refractivity contribution in [1.29, 1.82) is 0 Å². The lowest BCUT2D eigenvalue weighted by atomic mass is 10.1. The van der Waals surface area contributed by atoms with Gasteiger partial charge in [0.15, 0.2) is 5.82 Å². The van der Waals surface area contributed by atoms with Crippen molar-refractivity contribution >= 4 is 0 Å². The van der Waals surface area contributed by atoms with Gasteiger partial charge in [-0.25, -0.2) is 0 Å². The molecule has 1 heterocycles.